The van der Waals surface area contributed by atoms with E-state index in [4.69, 9.17) is 4.74 Å². The summed E-state index contributed by atoms with van der Waals surface area (Å²) in [5, 5.41) is 2.65. The molecule has 0 aliphatic carbocycles. The van der Waals surface area contributed by atoms with E-state index in [2.05, 4.69) is 5.32 Å². The predicted molar refractivity (Wildman–Crippen MR) is 120 cm³/mol. The van der Waals surface area contributed by atoms with Crippen LogP contribution >= 0.6 is 11.8 Å². The highest BCUT2D eigenvalue weighted by atomic mass is 32.2. The highest BCUT2D eigenvalue weighted by Gasteiger charge is 2.29. The lowest BCUT2D eigenvalue weighted by atomic mass is 10.1. The molecular formula is C24H20N2O4S. The largest absolute Gasteiger partial charge is 0.457 e. The van der Waals surface area contributed by atoms with E-state index < -0.39 is 0 Å². The van der Waals surface area contributed by atoms with Gasteiger partial charge in [0, 0.05) is 5.69 Å². The maximum absolute atomic E-state index is 12.4. The van der Waals surface area contributed by atoms with E-state index in [-0.39, 0.29) is 35.8 Å². The highest BCUT2D eigenvalue weighted by molar-refractivity contribution is 8.14. The fraction of sp³-hybridized carbons (Fsp3) is 0.125. The van der Waals surface area contributed by atoms with Crippen molar-refractivity contribution < 1.29 is 19.1 Å². The Morgan fingerprint density at radius 1 is 0.903 bits per heavy atom. The first kappa shape index (κ1) is 20.7. The molecule has 0 saturated carbocycles. The third-order valence-corrected chi connectivity index (χ3v) is 5.52. The second kappa shape index (κ2) is 9.49. The minimum absolute atomic E-state index is 0.147. The fourth-order valence-electron chi connectivity index (χ4n) is 3.14. The first-order valence-electron chi connectivity index (χ1n) is 9.74. The van der Waals surface area contributed by atoms with Gasteiger partial charge in [0.05, 0.1) is 18.7 Å². The zero-order chi connectivity index (χ0) is 21.6. The molecule has 1 N–H and O–H groups in total. The predicted octanol–water partition coefficient (Wildman–Crippen LogP) is 4.86. The minimum Gasteiger partial charge on any atom is -0.457 e. The lowest BCUT2D eigenvalue weighted by molar-refractivity contribution is -0.125. The molecule has 6 nitrogen and oxygen atoms in total. The summed E-state index contributed by atoms with van der Waals surface area (Å²) >= 11 is 1.02. The van der Waals surface area contributed by atoms with E-state index in [9.17, 15) is 14.4 Å². The molecule has 4 rings (SSSR count). The molecule has 3 aromatic rings. The van der Waals surface area contributed by atoms with Crippen molar-refractivity contribution in [2.24, 2.45) is 0 Å². The summed E-state index contributed by atoms with van der Waals surface area (Å²) in [5.41, 5.74) is 2.32. The Balaban J connectivity index is 1.33. The molecule has 0 radical (unpaired) electrons. The van der Waals surface area contributed by atoms with Gasteiger partial charge in [-0.15, -0.1) is 0 Å². The van der Waals surface area contributed by atoms with Crippen molar-refractivity contribution in [1.82, 2.24) is 4.90 Å². The number of hydrogen-bond donors (Lipinski definition) is 1. The Hall–Kier alpha value is -3.58. The number of hydrogen-bond acceptors (Lipinski definition) is 5. The molecule has 7 heteroatoms. The van der Waals surface area contributed by atoms with E-state index in [0.29, 0.717) is 11.4 Å². The number of nitrogens with one attached hydrogen (secondary N) is 1. The van der Waals surface area contributed by atoms with Crippen LogP contribution in [0.15, 0.2) is 78.9 Å². The number of carbonyl (C=O) groups excluding carboxylic acids is 3. The summed E-state index contributed by atoms with van der Waals surface area (Å²) in [7, 11) is 0. The molecule has 3 amide bonds. The standard InChI is InChI=1S/C24H20N2O4S/c27-22(14-18-5-4-8-21(13-18)30-20-6-2-1-3-7-20)25-19-11-9-17(10-12-19)15-26-23(28)16-31-24(26)29/h1-13H,14-16H2,(H,25,27). The smallest absolute Gasteiger partial charge is 0.289 e. The van der Waals surface area contributed by atoms with E-state index in [1.807, 2.05) is 54.6 Å². The van der Waals surface area contributed by atoms with Crippen LogP contribution in [0.5, 0.6) is 11.5 Å². The zero-order valence-corrected chi connectivity index (χ0v) is 17.4. The second-order valence-electron chi connectivity index (χ2n) is 7.02. The normalized spacial score (nSPS) is 13.4. The first-order valence-corrected chi connectivity index (χ1v) is 10.7. The van der Waals surface area contributed by atoms with Gasteiger partial charge in [0.1, 0.15) is 11.5 Å². The number of ether oxygens (including phenoxy) is 1. The van der Waals surface area contributed by atoms with Gasteiger partial charge in [0.25, 0.3) is 5.24 Å². The summed E-state index contributed by atoms with van der Waals surface area (Å²) in [6.45, 7) is 0.243. The molecule has 1 saturated heterocycles. The van der Waals surface area contributed by atoms with Crippen LogP contribution in [0.1, 0.15) is 11.1 Å². The summed E-state index contributed by atoms with van der Waals surface area (Å²) < 4.78 is 5.82. The van der Waals surface area contributed by atoms with E-state index >= 15 is 0 Å². The molecule has 0 aromatic heterocycles. The van der Waals surface area contributed by atoms with Gasteiger partial charge in [-0.3, -0.25) is 19.3 Å². The maximum atomic E-state index is 12.4. The molecule has 0 atom stereocenters. The number of benzene rings is 3. The number of carbonyl (C=O) groups is 3. The molecule has 0 unspecified atom stereocenters. The lowest BCUT2D eigenvalue weighted by Gasteiger charge is -2.13. The number of para-hydroxylation sites is 1. The van der Waals surface area contributed by atoms with E-state index in [1.54, 1.807) is 24.3 Å². The molecule has 0 bridgehead atoms. The molecule has 1 aliphatic rings. The zero-order valence-electron chi connectivity index (χ0n) is 16.6. The van der Waals surface area contributed by atoms with Gasteiger partial charge in [0.15, 0.2) is 0 Å². The molecule has 1 heterocycles. The Bertz CT molecular complexity index is 1080. The number of nitrogens with zero attached hydrogens (tertiary/aromatic N) is 1. The summed E-state index contributed by atoms with van der Waals surface area (Å²) in [4.78, 5) is 37.1. The third-order valence-electron chi connectivity index (χ3n) is 4.66. The topological polar surface area (TPSA) is 75.7 Å². The molecule has 1 aliphatic heterocycles. The summed E-state index contributed by atoms with van der Waals surface area (Å²) in [5.74, 6) is 1.28. The molecule has 156 valence electrons. The summed E-state index contributed by atoms with van der Waals surface area (Å²) in [6.07, 6.45) is 0.210. The Kier molecular flexibility index (Phi) is 6.33. The average Bonchev–Trinajstić information content (AvgIpc) is 3.08. The van der Waals surface area contributed by atoms with Crippen molar-refractivity contribution in [2.75, 3.05) is 11.1 Å². The highest BCUT2D eigenvalue weighted by Crippen LogP contribution is 2.23. The molecule has 31 heavy (non-hydrogen) atoms. The van der Waals surface area contributed by atoms with Gasteiger partial charge in [-0.05, 0) is 47.5 Å². The van der Waals surface area contributed by atoms with Crippen LogP contribution in [-0.2, 0) is 22.6 Å². The maximum Gasteiger partial charge on any atom is 0.289 e. The second-order valence-corrected chi connectivity index (χ2v) is 7.95. The molecule has 3 aromatic carbocycles. The number of anilines is 1. The van der Waals surface area contributed by atoms with Gasteiger partial charge in [0.2, 0.25) is 11.8 Å². The van der Waals surface area contributed by atoms with Crippen LogP contribution < -0.4 is 10.1 Å². The van der Waals surface area contributed by atoms with E-state index in [1.165, 1.54) is 4.90 Å². The SMILES string of the molecule is O=C(Cc1cccc(Oc2ccccc2)c1)Nc1ccc(CN2C(=O)CSC2=O)cc1. The van der Waals surface area contributed by atoms with Crippen LogP contribution in [-0.4, -0.2) is 27.7 Å². The monoisotopic (exact) mass is 432 g/mol. The molecule has 0 spiro atoms. The van der Waals surface area contributed by atoms with Crippen molar-refractivity contribution in [3.8, 4) is 11.5 Å². The molecular weight excluding hydrogens is 412 g/mol. The van der Waals surface area contributed by atoms with Gasteiger partial charge in [-0.1, -0.05) is 54.2 Å². The number of rotatable bonds is 7. The van der Waals surface area contributed by atoms with Gasteiger partial charge < -0.3 is 10.1 Å². The van der Waals surface area contributed by atoms with Crippen LogP contribution in [0.3, 0.4) is 0 Å². The van der Waals surface area contributed by atoms with Crippen LogP contribution in [0.2, 0.25) is 0 Å². The molecule has 1 fully saturated rings. The van der Waals surface area contributed by atoms with Crippen LogP contribution in [0.25, 0.3) is 0 Å². The lowest BCUT2D eigenvalue weighted by Crippen LogP contribution is -2.27. The minimum atomic E-state index is -0.221. The Morgan fingerprint density at radius 2 is 1.65 bits per heavy atom. The van der Waals surface area contributed by atoms with Crippen molar-refractivity contribution in [3.63, 3.8) is 0 Å². The van der Waals surface area contributed by atoms with Crippen LogP contribution in [0.4, 0.5) is 10.5 Å². The fourth-order valence-corrected chi connectivity index (χ4v) is 3.87. The average molecular weight is 433 g/mol. The van der Waals surface area contributed by atoms with Gasteiger partial charge >= 0.3 is 0 Å². The number of imide groups is 1. The van der Waals surface area contributed by atoms with Crippen LogP contribution in [0, 0.1) is 0 Å². The summed E-state index contributed by atoms with van der Waals surface area (Å²) in [6, 6.07) is 24.0. The van der Waals surface area contributed by atoms with Crippen molar-refractivity contribution >= 4 is 34.5 Å². The van der Waals surface area contributed by atoms with Crippen molar-refractivity contribution in [2.45, 2.75) is 13.0 Å². The number of thioether (sulfide) groups is 1. The Labute approximate surface area is 184 Å². The van der Waals surface area contributed by atoms with Gasteiger partial charge in [-0.25, -0.2) is 0 Å². The third kappa shape index (κ3) is 5.52. The van der Waals surface area contributed by atoms with Crippen molar-refractivity contribution in [3.05, 3.63) is 90.0 Å². The Morgan fingerprint density at radius 3 is 2.35 bits per heavy atom. The van der Waals surface area contributed by atoms with Crippen molar-refractivity contribution in [1.29, 1.82) is 0 Å². The van der Waals surface area contributed by atoms with E-state index in [0.717, 1.165) is 28.6 Å². The first-order chi connectivity index (χ1) is 15.1. The quantitative estimate of drug-likeness (QED) is 0.577. The van der Waals surface area contributed by atoms with Gasteiger partial charge in [-0.2, -0.15) is 0 Å². The number of amides is 3.